The normalized spacial score (nSPS) is 14.3. The summed E-state index contributed by atoms with van der Waals surface area (Å²) in [5, 5.41) is 20.2. The Kier molecular flexibility index (Phi) is 5.46. The van der Waals surface area contributed by atoms with Gasteiger partial charge in [-0.2, -0.15) is 0 Å². The van der Waals surface area contributed by atoms with Gasteiger partial charge in [0.2, 0.25) is 0 Å². The molecule has 1 rings (SSSR count). The van der Waals surface area contributed by atoms with E-state index in [1.54, 1.807) is 14.0 Å². The lowest BCUT2D eigenvalue weighted by Crippen LogP contribution is -2.25. The number of phenols is 1. The van der Waals surface area contributed by atoms with Crippen molar-refractivity contribution >= 4 is 0 Å². The standard InChI is InChI=1S/C18H30O3/c1-12(19)15-9-14(8-13(10-21-7)16(15)20)18(5,6)11-17(2,3)4/h8-9,12,19-20H,10-11H2,1-7H3. The molecule has 3 nitrogen and oxygen atoms in total. The number of methoxy groups -OCH3 is 1. The fourth-order valence-corrected chi connectivity index (χ4v) is 3.12. The minimum Gasteiger partial charge on any atom is -0.507 e. The van der Waals surface area contributed by atoms with Gasteiger partial charge in [-0.15, -0.1) is 0 Å². The SMILES string of the molecule is COCc1cc(C(C)(C)CC(C)(C)C)cc(C(C)O)c1O. The molecule has 0 aliphatic rings. The van der Waals surface area contributed by atoms with Crippen LogP contribution in [0.4, 0.5) is 0 Å². The zero-order chi connectivity index (χ0) is 16.4. The number of rotatable bonds is 5. The first kappa shape index (κ1) is 18.0. The Labute approximate surface area is 129 Å². The van der Waals surface area contributed by atoms with E-state index in [1.165, 1.54) is 0 Å². The Hall–Kier alpha value is -1.06. The Balaban J connectivity index is 3.35. The van der Waals surface area contributed by atoms with E-state index in [9.17, 15) is 10.2 Å². The van der Waals surface area contributed by atoms with Crippen LogP contribution in [-0.4, -0.2) is 17.3 Å². The largest absolute Gasteiger partial charge is 0.507 e. The molecule has 2 N–H and O–H groups in total. The second-order valence-electron chi connectivity index (χ2n) is 7.80. The minimum absolute atomic E-state index is 0.0436. The summed E-state index contributed by atoms with van der Waals surface area (Å²) in [6.45, 7) is 13.1. The summed E-state index contributed by atoms with van der Waals surface area (Å²) in [5.74, 6) is 0.141. The fourth-order valence-electron chi connectivity index (χ4n) is 3.12. The van der Waals surface area contributed by atoms with Crippen LogP contribution < -0.4 is 0 Å². The van der Waals surface area contributed by atoms with Crippen LogP contribution in [0.25, 0.3) is 0 Å². The second kappa shape index (κ2) is 6.37. The second-order valence-corrected chi connectivity index (χ2v) is 7.80. The molecule has 0 bridgehead atoms. The van der Waals surface area contributed by atoms with Gasteiger partial charge >= 0.3 is 0 Å². The van der Waals surface area contributed by atoms with E-state index in [-0.39, 0.29) is 16.6 Å². The summed E-state index contributed by atoms with van der Waals surface area (Å²) >= 11 is 0. The third kappa shape index (κ3) is 4.72. The monoisotopic (exact) mass is 294 g/mol. The first-order valence-electron chi connectivity index (χ1n) is 7.51. The zero-order valence-electron chi connectivity index (χ0n) is 14.4. The number of aromatic hydroxyl groups is 1. The highest BCUT2D eigenvalue weighted by molar-refractivity contribution is 5.46. The molecule has 0 saturated carbocycles. The van der Waals surface area contributed by atoms with Crippen LogP contribution in [0, 0.1) is 5.41 Å². The van der Waals surface area contributed by atoms with Gasteiger partial charge in [-0.05, 0) is 41.9 Å². The number of phenolic OH excluding ortho intramolecular Hbond substituents is 1. The van der Waals surface area contributed by atoms with Crippen molar-refractivity contribution in [3.8, 4) is 5.75 Å². The van der Waals surface area contributed by atoms with Gasteiger partial charge in [0.05, 0.1) is 12.7 Å². The van der Waals surface area contributed by atoms with Gasteiger partial charge in [0, 0.05) is 18.2 Å². The summed E-state index contributed by atoms with van der Waals surface area (Å²) in [6, 6.07) is 3.92. The topological polar surface area (TPSA) is 49.7 Å². The molecule has 0 saturated heterocycles. The van der Waals surface area contributed by atoms with E-state index in [0.717, 1.165) is 17.5 Å². The van der Waals surface area contributed by atoms with Crippen molar-refractivity contribution in [3.05, 3.63) is 28.8 Å². The molecule has 21 heavy (non-hydrogen) atoms. The molecule has 0 heterocycles. The van der Waals surface area contributed by atoms with E-state index < -0.39 is 6.10 Å². The first-order valence-corrected chi connectivity index (χ1v) is 7.51. The molecule has 1 atom stereocenters. The molecule has 3 heteroatoms. The maximum atomic E-state index is 10.3. The lowest BCUT2D eigenvalue weighted by atomic mass is 9.71. The third-order valence-electron chi connectivity index (χ3n) is 3.72. The lowest BCUT2D eigenvalue weighted by molar-refractivity contribution is 0.177. The Bertz CT molecular complexity index is 482. The molecule has 1 aromatic carbocycles. The van der Waals surface area contributed by atoms with Gasteiger partial charge in [-0.1, -0.05) is 34.6 Å². The smallest absolute Gasteiger partial charge is 0.126 e. The van der Waals surface area contributed by atoms with E-state index in [4.69, 9.17) is 4.74 Å². The van der Waals surface area contributed by atoms with Gasteiger partial charge in [-0.25, -0.2) is 0 Å². The van der Waals surface area contributed by atoms with Crippen LogP contribution in [0.15, 0.2) is 12.1 Å². The highest BCUT2D eigenvalue weighted by atomic mass is 16.5. The van der Waals surface area contributed by atoms with Crippen molar-refractivity contribution in [2.75, 3.05) is 7.11 Å². The number of hydrogen-bond donors (Lipinski definition) is 2. The van der Waals surface area contributed by atoms with Gasteiger partial charge in [0.1, 0.15) is 5.75 Å². The number of aliphatic hydroxyl groups excluding tert-OH is 1. The van der Waals surface area contributed by atoms with Crippen LogP contribution in [0.5, 0.6) is 5.75 Å². The Morgan fingerprint density at radius 2 is 1.71 bits per heavy atom. The van der Waals surface area contributed by atoms with Crippen molar-refractivity contribution in [2.45, 2.75) is 66.1 Å². The Morgan fingerprint density at radius 3 is 2.14 bits per heavy atom. The molecule has 120 valence electrons. The van der Waals surface area contributed by atoms with Crippen molar-refractivity contribution in [3.63, 3.8) is 0 Å². The summed E-state index contributed by atoms with van der Waals surface area (Å²) in [7, 11) is 1.61. The zero-order valence-corrected chi connectivity index (χ0v) is 14.4. The predicted octanol–water partition coefficient (Wildman–Crippen LogP) is 4.31. The van der Waals surface area contributed by atoms with Crippen LogP contribution in [0.2, 0.25) is 0 Å². The molecule has 1 unspecified atom stereocenters. The number of ether oxygens (including phenoxy) is 1. The summed E-state index contributed by atoms with van der Waals surface area (Å²) in [5.41, 5.74) is 2.58. The van der Waals surface area contributed by atoms with Crippen LogP contribution in [0.3, 0.4) is 0 Å². The molecule has 0 aliphatic carbocycles. The quantitative estimate of drug-likeness (QED) is 0.851. The van der Waals surface area contributed by atoms with Crippen LogP contribution in [0.1, 0.15) is 70.8 Å². The summed E-state index contributed by atoms with van der Waals surface area (Å²) < 4.78 is 5.17. The average molecular weight is 294 g/mol. The van der Waals surface area contributed by atoms with E-state index in [2.05, 4.69) is 34.6 Å². The van der Waals surface area contributed by atoms with E-state index in [0.29, 0.717) is 12.2 Å². The Morgan fingerprint density at radius 1 is 1.14 bits per heavy atom. The van der Waals surface area contributed by atoms with Gasteiger partial charge in [0.15, 0.2) is 0 Å². The molecular weight excluding hydrogens is 264 g/mol. The lowest BCUT2D eigenvalue weighted by Gasteiger charge is -2.34. The maximum absolute atomic E-state index is 10.3. The molecule has 1 aromatic rings. The van der Waals surface area contributed by atoms with E-state index >= 15 is 0 Å². The summed E-state index contributed by atoms with van der Waals surface area (Å²) in [4.78, 5) is 0. The molecule has 0 radical (unpaired) electrons. The van der Waals surface area contributed by atoms with Crippen LogP contribution >= 0.6 is 0 Å². The molecular formula is C18H30O3. The number of aliphatic hydroxyl groups is 1. The minimum atomic E-state index is -0.703. The predicted molar refractivity (Wildman–Crippen MR) is 86.6 cm³/mol. The molecule has 0 aromatic heterocycles. The molecule has 0 fully saturated rings. The van der Waals surface area contributed by atoms with E-state index in [1.807, 2.05) is 12.1 Å². The van der Waals surface area contributed by atoms with Gasteiger partial charge in [-0.3, -0.25) is 0 Å². The first-order chi connectivity index (χ1) is 9.48. The van der Waals surface area contributed by atoms with Gasteiger partial charge < -0.3 is 14.9 Å². The van der Waals surface area contributed by atoms with Crippen molar-refractivity contribution in [1.29, 1.82) is 0 Å². The fraction of sp³-hybridized carbons (Fsp3) is 0.667. The van der Waals surface area contributed by atoms with Crippen LogP contribution in [-0.2, 0) is 16.8 Å². The molecule has 0 aliphatic heterocycles. The number of benzene rings is 1. The van der Waals surface area contributed by atoms with Crippen molar-refractivity contribution in [1.82, 2.24) is 0 Å². The maximum Gasteiger partial charge on any atom is 0.126 e. The van der Waals surface area contributed by atoms with Crippen molar-refractivity contribution < 1.29 is 14.9 Å². The molecule has 0 spiro atoms. The third-order valence-corrected chi connectivity index (χ3v) is 3.72. The highest BCUT2D eigenvalue weighted by Gasteiger charge is 2.29. The highest BCUT2D eigenvalue weighted by Crippen LogP contribution is 2.40. The van der Waals surface area contributed by atoms with Gasteiger partial charge in [0.25, 0.3) is 0 Å². The van der Waals surface area contributed by atoms with Crippen molar-refractivity contribution in [2.24, 2.45) is 5.41 Å². The number of hydrogen-bond acceptors (Lipinski definition) is 3. The summed E-state index contributed by atoms with van der Waals surface area (Å²) in [6.07, 6.45) is 0.308. The molecule has 0 amide bonds. The average Bonchev–Trinajstić information content (AvgIpc) is 2.28.